The third kappa shape index (κ3) is 3.81. The fourth-order valence-corrected chi connectivity index (χ4v) is 3.47. The standard InChI is InChI=1S/C15H24F2N4O/c16-15(17)6-1-2-12(15)3-9-21-11-13(18-19-21)10-20-7-4-14(22)5-8-20/h11-12,14,22H,1-10H2. The van der Waals surface area contributed by atoms with Gasteiger partial charge in [-0.1, -0.05) is 5.21 Å². The molecule has 1 aromatic heterocycles. The number of hydrogen-bond donors (Lipinski definition) is 1. The molecule has 2 heterocycles. The van der Waals surface area contributed by atoms with Gasteiger partial charge in [0.1, 0.15) is 0 Å². The van der Waals surface area contributed by atoms with Gasteiger partial charge in [-0.3, -0.25) is 9.58 Å². The summed E-state index contributed by atoms with van der Waals surface area (Å²) in [6.45, 7) is 2.95. The molecule has 0 radical (unpaired) electrons. The number of aromatic nitrogens is 3. The van der Waals surface area contributed by atoms with E-state index in [9.17, 15) is 13.9 Å². The van der Waals surface area contributed by atoms with Crippen molar-refractivity contribution in [3.05, 3.63) is 11.9 Å². The molecular formula is C15H24F2N4O. The van der Waals surface area contributed by atoms with Crippen molar-refractivity contribution < 1.29 is 13.9 Å². The SMILES string of the molecule is OC1CCN(Cc2cn(CCC3CCCC3(F)F)nn2)CC1. The van der Waals surface area contributed by atoms with Crippen molar-refractivity contribution >= 4 is 0 Å². The molecule has 2 aliphatic rings. The predicted octanol–water partition coefficient (Wildman–Crippen LogP) is 2.06. The second kappa shape index (κ2) is 6.58. The molecule has 22 heavy (non-hydrogen) atoms. The minimum Gasteiger partial charge on any atom is -0.393 e. The molecule has 124 valence electrons. The summed E-state index contributed by atoms with van der Waals surface area (Å²) in [5.74, 6) is -3.01. The number of likely N-dealkylation sites (tertiary alicyclic amines) is 1. The van der Waals surface area contributed by atoms with Crippen LogP contribution in [0.25, 0.3) is 0 Å². The van der Waals surface area contributed by atoms with Crippen LogP contribution in [-0.2, 0) is 13.1 Å². The summed E-state index contributed by atoms with van der Waals surface area (Å²) in [6.07, 6.45) is 5.01. The van der Waals surface area contributed by atoms with Gasteiger partial charge in [0.05, 0.1) is 11.8 Å². The van der Waals surface area contributed by atoms with E-state index in [2.05, 4.69) is 15.2 Å². The summed E-state index contributed by atoms with van der Waals surface area (Å²) in [5, 5.41) is 17.7. The summed E-state index contributed by atoms with van der Waals surface area (Å²) in [7, 11) is 0. The molecule has 1 aliphatic carbocycles. The van der Waals surface area contributed by atoms with Crippen molar-refractivity contribution in [3.63, 3.8) is 0 Å². The lowest BCUT2D eigenvalue weighted by atomic mass is 10.0. The maximum absolute atomic E-state index is 13.6. The summed E-state index contributed by atoms with van der Waals surface area (Å²) < 4.78 is 28.9. The van der Waals surface area contributed by atoms with Crippen LogP contribution in [0.5, 0.6) is 0 Å². The third-order valence-electron chi connectivity index (χ3n) is 4.90. The van der Waals surface area contributed by atoms with Crippen molar-refractivity contribution in [1.82, 2.24) is 19.9 Å². The lowest BCUT2D eigenvalue weighted by molar-refractivity contribution is -0.0408. The number of nitrogens with zero attached hydrogens (tertiary/aromatic N) is 4. The zero-order valence-electron chi connectivity index (χ0n) is 12.8. The lowest BCUT2D eigenvalue weighted by Gasteiger charge is -2.28. The lowest BCUT2D eigenvalue weighted by Crippen LogP contribution is -2.35. The molecule has 3 rings (SSSR count). The summed E-state index contributed by atoms with van der Waals surface area (Å²) in [5.41, 5.74) is 0.870. The number of halogens is 2. The summed E-state index contributed by atoms with van der Waals surface area (Å²) >= 11 is 0. The highest BCUT2D eigenvalue weighted by atomic mass is 19.3. The first-order valence-electron chi connectivity index (χ1n) is 8.20. The van der Waals surface area contributed by atoms with Crippen LogP contribution in [0.3, 0.4) is 0 Å². The minimum atomic E-state index is -2.50. The smallest absolute Gasteiger partial charge is 0.251 e. The van der Waals surface area contributed by atoms with E-state index in [4.69, 9.17) is 0 Å². The van der Waals surface area contributed by atoms with Gasteiger partial charge in [0.25, 0.3) is 5.92 Å². The number of aliphatic hydroxyl groups is 1. The van der Waals surface area contributed by atoms with Gasteiger partial charge in [-0.25, -0.2) is 8.78 Å². The molecule has 0 amide bonds. The number of alkyl halides is 2. The van der Waals surface area contributed by atoms with E-state index in [-0.39, 0.29) is 12.5 Å². The molecule has 0 aromatic carbocycles. The minimum absolute atomic E-state index is 0.0289. The maximum Gasteiger partial charge on any atom is 0.251 e. The van der Waals surface area contributed by atoms with Crippen molar-refractivity contribution in [2.24, 2.45) is 5.92 Å². The highest BCUT2D eigenvalue weighted by Gasteiger charge is 2.43. The van der Waals surface area contributed by atoms with E-state index in [0.717, 1.165) is 31.6 Å². The van der Waals surface area contributed by atoms with E-state index < -0.39 is 11.8 Å². The van der Waals surface area contributed by atoms with Gasteiger partial charge in [0, 0.05) is 44.7 Å². The van der Waals surface area contributed by atoms with Crippen molar-refractivity contribution in [2.75, 3.05) is 13.1 Å². The Morgan fingerprint density at radius 3 is 2.73 bits per heavy atom. The van der Waals surface area contributed by atoms with Gasteiger partial charge in [-0.2, -0.15) is 0 Å². The summed E-state index contributed by atoms with van der Waals surface area (Å²) in [6, 6.07) is 0. The quantitative estimate of drug-likeness (QED) is 0.904. The van der Waals surface area contributed by atoms with Crippen molar-refractivity contribution in [1.29, 1.82) is 0 Å². The van der Waals surface area contributed by atoms with Crippen LogP contribution in [0.15, 0.2) is 6.20 Å². The highest BCUT2D eigenvalue weighted by Crippen LogP contribution is 2.42. The Hall–Kier alpha value is -1.08. The van der Waals surface area contributed by atoms with Crippen LogP contribution >= 0.6 is 0 Å². The second-order valence-corrected chi connectivity index (χ2v) is 6.62. The first-order valence-corrected chi connectivity index (χ1v) is 8.20. The van der Waals surface area contributed by atoms with Gasteiger partial charge in [-0.05, 0) is 32.1 Å². The first kappa shape index (κ1) is 15.8. The molecule has 1 saturated heterocycles. The number of aliphatic hydroxyl groups excluding tert-OH is 1. The zero-order valence-corrected chi connectivity index (χ0v) is 12.8. The van der Waals surface area contributed by atoms with Crippen LogP contribution in [0.1, 0.15) is 44.2 Å². The third-order valence-corrected chi connectivity index (χ3v) is 4.90. The molecule has 0 spiro atoms. The Balaban J connectivity index is 1.47. The number of rotatable bonds is 5. The van der Waals surface area contributed by atoms with Crippen LogP contribution in [0.4, 0.5) is 8.78 Å². The predicted molar refractivity (Wildman–Crippen MR) is 77.4 cm³/mol. The molecule has 5 nitrogen and oxygen atoms in total. The number of piperidine rings is 1. The molecule has 1 aliphatic heterocycles. The molecular weight excluding hydrogens is 290 g/mol. The molecule has 1 saturated carbocycles. The Morgan fingerprint density at radius 1 is 1.27 bits per heavy atom. The zero-order chi connectivity index (χ0) is 15.6. The van der Waals surface area contributed by atoms with Crippen LogP contribution in [0.2, 0.25) is 0 Å². The van der Waals surface area contributed by atoms with Crippen LogP contribution in [-0.4, -0.2) is 50.1 Å². The van der Waals surface area contributed by atoms with Crippen molar-refractivity contribution in [3.8, 4) is 0 Å². The normalized spacial score (nSPS) is 26.6. The topological polar surface area (TPSA) is 54.2 Å². The van der Waals surface area contributed by atoms with Gasteiger partial charge in [0.2, 0.25) is 0 Å². The molecule has 1 atom stereocenters. The Labute approximate surface area is 129 Å². The monoisotopic (exact) mass is 314 g/mol. The summed E-state index contributed by atoms with van der Waals surface area (Å²) in [4.78, 5) is 2.24. The van der Waals surface area contributed by atoms with E-state index in [0.29, 0.717) is 32.4 Å². The molecule has 0 bridgehead atoms. The maximum atomic E-state index is 13.6. The molecule has 2 fully saturated rings. The van der Waals surface area contributed by atoms with E-state index in [1.54, 1.807) is 4.68 Å². The van der Waals surface area contributed by atoms with Gasteiger partial charge in [0.15, 0.2) is 0 Å². The Kier molecular flexibility index (Phi) is 4.73. The molecule has 1 aromatic rings. The number of aryl methyl sites for hydroxylation is 1. The molecule has 1 unspecified atom stereocenters. The van der Waals surface area contributed by atoms with Gasteiger partial charge >= 0.3 is 0 Å². The first-order chi connectivity index (χ1) is 10.5. The Bertz CT molecular complexity index is 486. The fourth-order valence-electron chi connectivity index (χ4n) is 3.47. The van der Waals surface area contributed by atoms with E-state index >= 15 is 0 Å². The van der Waals surface area contributed by atoms with Crippen LogP contribution in [0, 0.1) is 5.92 Å². The Morgan fingerprint density at radius 2 is 2.05 bits per heavy atom. The highest BCUT2D eigenvalue weighted by molar-refractivity contribution is 4.93. The molecule has 7 heteroatoms. The van der Waals surface area contributed by atoms with Crippen molar-refractivity contribution in [2.45, 2.75) is 63.6 Å². The average Bonchev–Trinajstić information content (AvgIpc) is 3.05. The van der Waals surface area contributed by atoms with E-state index in [1.807, 2.05) is 6.20 Å². The van der Waals surface area contributed by atoms with Gasteiger partial charge < -0.3 is 5.11 Å². The van der Waals surface area contributed by atoms with E-state index in [1.165, 1.54) is 0 Å². The van der Waals surface area contributed by atoms with Gasteiger partial charge in [-0.15, -0.1) is 5.10 Å². The largest absolute Gasteiger partial charge is 0.393 e. The second-order valence-electron chi connectivity index (χ2n) is 6.62. The number of hydrogen-bond acceptors (Lipinski definition) is 4. The fraction of sp³-hybridized carbons (Fsp3) is 0.867. The molecule has 1 N–H and O–H groups in total. The van der Waals surface area contributed by atoms with Crippen LogP contribution < -0.4 is 0 Å². The average molecular weight is 314 g/mol.